The minimum absolute atomic E-state index is 0.305. The number of carbonyl (C=O) groups excluding carboxylic acids is 1. The Morgan fingerprint density at radius 2 is 2.08 bits per heavy atom. The molecule has 0 aromatic rings. The second kappa shape index (κ2) is 3.36. The fourth-order valence-electron chi connectivity index (χ4n) is 1.91. The molecule has 1 heterocycles. The third-order valence-electron chi connectivity index (χ3n) is 2.76. The third-order valence-corrected chi connectivity index (χ3v) is 2.76. The van der Waals surface area contributed by atoms with Gasteiger partial charge in [-0.2, -0.15) is 0 Å². The van der Waals surface area contributed by atoms with Gasteiger partial charge in [-0.05, 0) is 32.3 Å². The molecule has 1 amide bonds. The van der Waals surface area contributed by atoms with Crippen molar-refractivity contribution >= 4 is 5.91 Å². The molecule has 2 aliphatic rings. The molecular formula is C11H15NO. The number of hydrogen-bond acceptors (Lipinski definition) is 1. The highest BCUT2D eigenvalue weighted by molar-refractivity contribution is 5.80. The smallest absolute Gasteiger partial charge is 0.226 e. The van der Waals surface area contributed by atoms with Gasteiger partial charge >= 0.3 is 0 Å². The first-order chi connectivity index (χ1) is 6.27. The maximum atomic E-state index is 11.4. The van der Waals surface area contributed by atoms with Crippen LogP contribution < -0.4 is 0 Å². The monoisotopic (exact) mass is 177 g/mol. The molecule has 0 N–H and O–H groups in total. The van der Waals surface area contributed by atoms with E-state index in [0.29, 0.717) is 5.91 Å². The number of carbonyl (C=O) groups is 1. The molecule has 70 valence electrons. The summed E-state index contributed by atoms with van der Waals surface area (Å²) < 4.78 is 0. The van der Waals surface area contributed by atoms with Crippen LogP contribution in [0.25, 0.3) is 0 Å². The van der Waals surface area contributed by atoms with Crippen LogP contribution in [0.2, 0.25) is 0 Å². The van der Waals surface area contributed by atoms with Gasteiger partial charge in [0.05, 0.1) is 0 Å². The molecule has 1 aliphatic heterocycles. The zero-order chi connectivity index (χ0) is 9.26. The number of allylic oxidation sites excluding steroid dienone is 4. The minimum Gasteiger partial charge on any atom is -0.316 e. The van der Waals surface area contributed by atoms with E-state index in [1.54, 1.807) is 0 Å². The quantitative estimate of drug-likeness (QED) is 0.601. The number of rotatable bonds is 1. The van der Waals surface area contributed by atoms with E-state index in [2.05, 4.69) is 19.1 Å². The first kappa shape index (κ1) is 8.54. The van der Waals surface area contributed by atoms with Gasteiger partial charge in [0.25, 0.3) is 0 Å². The molecule has 2 heteroatoms. The first-order valence-corrected chi connectivity index (χ1v) is 4.94. The Labute approximate surface area is 78.9 Å². The van der Waals surface area contributed by atoms with Crippen LogP contribution in [0.1, 0.15) is 32.6 Å². The summed E-state index contributed by atoms with van der Waals surface area (Å²) in [5.41, 5.74) is 2.63. The summed E-state index contributed by atoms with van der Waals surface area (Å²) in [4.78, 5) is 13.4. The topological polar surface area (TPSA) is 20.3 Å². The molecule has 0 atom stereocenters. The summed E-state index contributed by atoms with van der Waals surface area (Å²) in [6.45, 7) is 3.07. The van der Waals surface area contributed by atoms with Crippen molar-refractivity contribution in [3.63, 3.8) is 0 Å². The molecule has 1 aliphatic carbocycles. The minimum atomic E-state index is 0.305. The van der Waals surface area contributed by atoms with Gasteiger partial charge in [-0.1, -0.05) is 11.6 Å². The second-order valence-corrected chi connectivity index (χ2v) is 3.82. The summed E-state index contributed by atoms with van der Waals surface area (Å²) in [5.74, 6) is 0.305. The number of likely N-dealkylation sites (tertiary alicyclic amines) is 1. The van der Waals surface area contributed by atoms with E-state index in [1.165, 1.54) is 11.3 Å². The summed E-state index contributed by atoms with van der Waals surface area (Å²) in [5, 5.41) is 0. The molecule has 0 saturated carbocycles. The maximum Gasteiger partial charge on any atom is 0.226 e. The van der Waals surface area contributed by atoms with Crippen molar-refractivity contribution in [2.24, 2.45) is 0 Å². The van der Waals surface area contributed by atoms with Crippen molar-refractivity contribution in [2.75, 3.05) is 6.54 Å². The van der Waals surface area contributed by atoms with E-state index in [1.807, 2.05) is 4.90 Å². The molecule has 0 radical (unpaired) electrons. The van der Waals surface area contributed by atoms with Crippen LogP contribution in [0.5, 0.6) is 0 Å². The van der Waals surface area contributed by atoms with Crippen LogP contribution in [0, 0.1) is 0 Å². The van der Waals surface area contributed by atoms with E-state index in [-0.39, 0.29) is 0 Å². The van der Waals surface area contributed by atoms with Gasteiger partial charge in [0.2, 0.25) is 5.91 Å². The molecule has 0 spiro atoms. The van der Waals surface area contributed by atoms with E-state index in [0.717, 1.165) is 32.2 Å². The van der Waals surface area contributed by atoms with E-state index in [9.17, 15) is 4.79 Å². The molecule has 1 saturated heterocycles. The summed E-state index contributed by atoms with van der Waals surface area (Å²) in [6, 6.07) is 0. The van der Waals surface area contributed by atoms with E-state index < -0.39 is 0 Å². The lowest BCUT2D eigenvalue weighted by Gasteiger charge is -2.21. The number of amides is 1. The molecule has 1 fully saturated rings. The van der Waals surface area contributed by atoms with Gasteiger partial charge < -0.3 is 4.90 Å². The lowest BCUT2D eigenvalue weighted by molar-refractivity contribution is -0.126. The molecule has 0 aromatic carbocycles. The normalized spacial score (nSPS) is 23.2. The molecule has 0 unspecified atom stereocenters. The van der Waals surface area contributed by atoms with Gasteiger partial charge in [0.1, 0.15) is 0 Å². The van der Waals surface area contributed by atoms with Crippen LogP contribution in [0.4, 0.5) is 0 Å². The van der Waals surface area contributed by atoms with Crippen molar-refractivity contribution in [3.8, 4) is 0 Å². The number of hydrogen-bond donors (Lipinski definition) is 0. The third kappa shape index (κ3) is 1.67. The van der Waals surface area contributed by atoms with Crippen molar-refractivity contribution in [1.29, 1.82) is 0 Å². The van der Waals surface area contributed by atoms with Crippen LogP contribution in [-0.2, 0) is 4.79 Å². The average Bonchev–Trinajstić information content (AvgIpc) is 2.53. The summed E-state index contributed by atoms with van der Waals surface area (Å²) in [6.07, 6.45) is 8.13. The van der Waals surface area contributed by atoms with Crippen LogP contribution in [0.3, 0.4) is 0 Å². The first-order valence-electron chi connectivity index (χ1n) is 4.94. The van der Waals surface area contributed by atoms with Crippen LogP contribution in [-0.4, -0.2) is 17.4 Å². The number of nitrogens with zero attached hydrogens (tertiary/aromatic N) is 1. The molecule has 2 rings (SSSR count). The molecule has 0 aromatic heterocycles. The predicted octanol–water partition coefficient (Wildman–Crippen LogP) is 2.23. The van der Waals surface area contributed by atoms with Crippen molar-refractivity contribution < 1.29 is 4.79 Å². The lowest BCUT2D eigenvalue weighted by Crippen LogP contribution is -2.24. The fourth-order valence-corrected chi connectivity index (χ4v) is 1.91. The predicted molar refractivity (Wildman–Crippen MR) is 52.0 cm³/mol. The Balaban J connectivity index is 2.13. The van der Waals surface area contributed by atoms with Gasteiger partial charge in [-0.3, -0.25) is 4.79 Å². The standard InChI is InChI=1S/C11H15NO/c1-9-4-6-10(7-5-9)12-8-2-3-11(12)13/h4,6H,2-3,5,7-8H2,1H3. The van der Waals surface area contributed by atoms with Gasteiger partial charge in [-0.15, -0.1) is 0 Å². The summed E-state index contributed by atoms with van der Waals surface area (Å²) >= 11 is 0. The highest BCUT2D eigenvalue weighted by Gasteiger charge is 2.23. The Bertz CT molecular complexity index is 288. The van der Waals surface area contributed by atoms with Crippen LogP contribution >= 0.6 is 0 Å². The van der Waals surface area contributed by atoms with E-state index in [4.69, 9.17) is 0 Å². The molecule has 2 nitrogen and oxygen atoms in total. The van der Waals surface area contributed by atoms with E-state index >= 15 is 0 Å². The molecular weight excluding hydrogens is 162 g/mol. The SMILES string of the molecule is CC1=CC=C(N2CCCC2=O)CC1. The summed E-state index contributed by atoms with van der Waals surface area (Å²) in [7, 11) is 0. The largest absolute Gasteiger partial charge is 0.316 e. The Morgan fingerprint density at radius 1 is 1.23 bits per heavy atom. The van der Waals surface area contributed by atoms with Gasteiger partial charge in [0, 0.05) is 18.7 Å². The fraction of sp³-hybridized carbons (Fsp3) is 0.545. The lowest BCUT2D eigenvalue weighted by atomic mass is 10.0. The molecule has 13 heavy (non-hydrogen) atoms. The van der Waals surface area contributed by atoms with Crippen molar-refractivity contribution in [2.45, 2.75) is 32.6 Å². The van der Waals surface area contributed by atoms with Gasteiger partial charge in [-0.25, -0.2) is 0 Å². The molecule has 0 bridgehead atoms. The zero-order valence-electron chi connectivity index (χ0n) is 8.05. The van der Waals surface area contributed by atoms with Gasteiger partial charge in [0.15, 0.2) is 0 Å². The Kier molecular flexibility index (Phi) is 2.21. The Hall–Kier alpha value is -1.05. The van der Waals surface area contributed by atoms with Crippen molar-refractivity contribution in [1.82, 2.24) is 4.90 Å². The Morgan fingerprint density at radius 3 is 2.62 bits per heavy atom. The van der Waals surface area contributed by atoms with Crippen LogP contribution in [0.15, 0.2) is 23.4 Å². The second-order valence-electron chi connectivity index (χ2n) is 3.82. The highest BCUT2D eigenvalue weighted by Crippen LogP contribution is 2.24. The maximum absolute atomic E-state index is 11.4. The highest BCUT2D eigenvalue weighted by atomic mass is 16.2. The zero-order valence-corrected chi connectivity index (χ0v) is 8.05. The average molecular weight is 177 g/mol. The van der Waals surface area contributed by atoms with Crippen molar-refractivity contribution in [3.05, 3.63) is 23.4 Å².